The number of hydrogen-bond acceptors (Lipinski definition) is 2. The van der Waals surface area contributed by atoms with E-state index in [4.69, 9.17) is 5.10 Å². The van der Waals surface area contributed by atoms with Crippen molar-refractivity contribution in [3.8, 4) is 5.69 Å². The van der Waals surface area contributed by atoms with Crippen LogP contribution < -0.4 is 5.32 Å². The highest BCUT2D eigenvalue weighted by atomic mass is 15.3. The van der Waals surface area contributed by atoms with Gasteiger partial charge < -0.3 is 5.32 Å². The lowest BCUT2D eigenvalue weighted by Gasteiger charge is -2.16. The molecule has 0 saturated carbocycles. The molecule has 2 heterocycles. The van der Waals surface area contributed by atoms with Crippen molar-refractivity contribution >= 4 is 0 Å². The second kappa shape index (κ2) is 5.80. The molecule has 3 nitrogen and oxygen atoms in total. The minimum atomic E-state index is 0.468. The molecule has 0 radical (unpaired) electrons. The van der Waals surface area contributed by atoms with Crippen molar-refractivity contribution in [1.29, 1.82) is 0 Å². The van der Waals surface area contributed by atoms with Crippen molar-refractivity contribution in [2.45, 2.75) is 45.6 Å². The fraction of sp³-hybridized carbons (Fsp3) is 0.471. The highest BCUT2D eigenvalue weighted by Crippen LogP contribution is 2.29. The van der Waals surface area contributed by atoms with E-state index in [0.29, 0.717) is 6.04 Å². The molecular weight excluding hydrogens is 246 g/mol. The van der Waals surface area contributed by atoms with Gasteiger partial charge in [-0.25, -0.2) is 4.68 Å². The van der Waals surface area contributed by atoms with Crippen LogP contribution in [0.2, 0.25) is 0 Å². The van der Waals surface area contributed by atoms with Gasteiger partial charge in [0, 0.05) is 17.3 Å². The van der Waals surface area contributed by atoms with Gasteiger partial charge in [0.1, 0.15) is 0 Å². The Morgan fingerprint density at radius 3 is 2.70 bits per heavy atom. The summed E-state index contributed by atoms with van der Waals surface area (Å²) in [6.07, 6.45) is 5.17. The summed E-state index contributed by atoms with van der Waals surface area (Å²) in [5.74, 6) is 0. The topological polar surface area (TPSA) is 29.9 Å². The second-order valence-electron chi connectivity index (χ2n) is 5.69. The molecule has 0 spiro atoms. The zero-order valence-electron chi connectivity index (χ0n) is 12.4. The van der Waals surface area contributed by atoms with Crippen LogP contribution in [-0.2, 0) is 0 Å². The maximum Gasteiger partial charge on any atom is 0.0648 e. The van der Waals surface area contributed by atoms with Crippen LogP contribution >= 0.6 is 0 Å². The van der Waals surface area contributed by atoms with Gasteiger partial charge in [0.05, 0.1) is 11.4 Å². The Hall–Kier alpha value is -1.61. The van der Waals surface area contributed by atoms with Crippen molar-refractivity contribution in [1.82, 2.24) is 15.1 Å². The van der Waals surface area contributed by atoms with Crippen LogP contribution in [0.5, 0.6) is 0 Å². The predicted octanol–water partition coefficient (Wildman–Crippen LogP) is 3.69. The van der Waals surface area contributed by atoms with Crippen LogP contribution in [-0.4, -0.2) is 16.3 Å². The lowest BCUT2D eigenvalue weighted by atomic mass is 10.0. The Kier molecular flexibility index (Phi) is 3.88. The van der Waals surface area contributed by atoms with Crippen molar-refractivity contribution in [2.75, 3.05) is 6.54 Å². The van der Waals surface area contributed by atoms with Crippen LogP contribution in [0.25, 0.3) is 5.69 Å². The van der Waals surface area contributed by atoms with Gasteiger partial charge in [-0.05, 0) is 45.4 Å². The minimum absolute atomic E-state index is 0.468. The molecule has 1 atom stereocenters. The molecule has 0 amide bonds. The molecule has 1 N–H and O–H groups in total. The number of hydrogen-bond donors (Lipinski definition) is 1. The van der Waals surface area contributed by atoms with Crippen molar-refractivity contribution in [3.05, 3.63) is 47.3 Å². The van der Waals surface area contributed by atoms with Crippen LogP contribution in [0.4, 0.5) is 0 Å². The smallest absolute Gasteiger partial charge is 0.0648 e. The Labute approximate surface area is 121 Å². The molecule has 2 aromatic rings. The fourth-order valence-corrected chi connectivity index (χ4v) is 3.25. The predicted molar refractivity (Wildman–Crippen MR) is 82.2 cm³/mol. The van der Waals surface area contributed by atoms with E-state index >= 15 is 0 Å². The zero-order valence-corrected chi connectivity index (χ0v) is 12.4. The van der Waals surface area contributed by atoms with E-state index in [1.165, 1.54) is 36.9 Å². The van der Waals surface area contributed by atoms with Crippen molar-refractivity contribution in [3.63, 3.8) is 0 Å². The van der Waals surface area contributed by atoms with Gasteiger partial charge in [0.15, 0.2) is 0 Å². The lowest BCUT2D eigenvalue weighted by Crippen LogP contribution is -2.21. The highest BCUT2D eigenvalue weighted by Gasteiger charge is 2.22. The van der Waals surface area contributed by atoms with Gasteiger partial charge in [-0.2, -0.15) is 5.10 Å². The molecule has 0 unspecified atom stereocenters. The first-order valence-corrected chi connectivity index (χ1v) is 7.62. The molecule has 1 saturated heterocycles. The summed E-state index contributed by atoms with van der Waals surface area (Å²) in [4.78, 5) is 0. The number of para-hydroxylation sites is 1. The van der Waals surface area contributed by atoms with E-state index in [1.807, 2.05) is 6.07 Å². The quantitative estimate of drug-likeness (QED) is 0.901. The summed E-state index contributed by atoms with van der Waals surface area (Å²) >= 11 is 0. The van der Waals surface area contributed by atoms with Gasteiger partial charge in [-0.1, -0.05) is 31.0 Å². The van der Waals surface area contributed by atoms with Crippen LogP contribution in [0.3, 0.4) is 0 Å². The molecule has 1 aromatic heterocycles. The third-order valence-corrected chi connectivity index (χ3v) is 4.26. The second-order valence-corrected chi connectivity index (χ2v) is 5.69. The molecule has 1 aromatic carbocycles. The molecular formula is C17H23N3. The van der Waals surface area contributed by atoms with E-state index in [0.717, 1.165) is 17.9 Å². The Balaban J connectivity index is 1.98. The van der Waals surface area contributed by atoms with Crippen LogP contribution in [0, 0.1) is 13.8 Å². The first-order chi connectivity index (χ1) is 9.77. The highest BCUT2D eigenvalue weighted by molar-refractivity contribution is 5.38. The van der Waals surface area contributed by atoms with Crippen LogP contribution in [0.1, 0.15) is 48.7 Å². The molecule has 1 aliphatic heterocycles. The number of rotatable bonds is 2. The van der Waals surface area contributed by atoms with Crippen molar-refractivity contribution in [2.24, 2.45) is 0 Å². The third kappa shape index (κ3) is 2.50. The van der Waals surface area contributed by atoms with Gasteiger partial charge in [0.25, 0.3) is 0 Å². The van der Waals surface area contributed by atoms with E-state index in [2.05, 4.69) is 48.1 Å². The summed E-state index contributed by atoms with van der Waals surface area (Å²) < 4.78 is 2.08. The van der Waals surface area contributed by atoms with Gasteiger partial charge in [-0.3, -0.25) is 0 Å². The maximum absolute atomic E-state index is 4.76. The normalized spacial score (nSPS) is 19.8. The van der Waals surface area contributed by atoms with E-state index in [9.17, 15) is 0 Å². The average molecular weight is 269 g/mol. The van der Waals surface area contributed by atoms with E-state index in [-0.39, 0.29) is 0 Å². The van der Waals surface area contributed by atoms with Crippen LogP contribution in [0.15, 0.2) is 30.3 Å². The third-order valence-electron chi connectivity index (χ3n) is 4.26. The molecule has 1 fully saturated rings. The largest absolute Gasteiger partial charge is 0.310 e. The lowest BCUT2D eigenvalue weighted by molar-refractivity contribution is 0.530. The Morgan fingerprint density at radius 2 is 1.90 bits per heavy atom. The standard InChI is InChI=1S/C17H23N3/c1-13-17(16-11-7-4-8-12-18-16)14(2)20(19-13)15-9-5-3-6-10-15/h3,5-6,9-10,16,18H,4,7-8,11-12H2,1-2H3/t16-/m0/s1. The molecule has 3 heteroatoms. The summed E-state index contributed by atoms with van der Waals surface area (Å²) in [6.45, 7) is 5.45. The van der Waals surface area contributed by atoms with E-state index < -0.39 is 0 Å². The molecule has 3 rings (SSSR count). The van der Waals surface area contributed by atoms with Gasteiger partial charge >= 0.3 is 0 Å². The fourth-order valence-electron chi connectivity index (χ4n) is 3.25. The molecule has 0 bridgehead atoms. The number of aromatic nitrogens is 2. The summed E-state index contributed by atoms with van der Waals surface area (Å²) in [5.41, 5.74) is 4.97. The molecule has 106 valence electrons. The Morgan fingerprint density at radius 1 is 1.10 bits per heavy atom. The number of benzene rings is 1. The summed E-state index contributed by atoms with van der Waals surface area (Å²) in [5, 5.41) is 8.45. The maximum atomic E-state index is 4.76. The number of aryl methyl sites for hydroxylation is 1. The Bertz CT molecular complexity index is 563. The first kappa shape index (κ1) is 13.4. The SMILES string of the molecule is Cc1nn(-c2ccccc2)c(C)c1[C@@H]1CCCCCN1. The van der Waals surface area contributed by atoms with Crippen molar-refractivity contribution < 1.29 is 0 Å². The number of nitrogens with zero attached hydrogens (tertiary/aromatic N) is 2. The minimum Gasteiger partial charge on any atom is -0.310 e. The molecule has 20 heavy (non-hydrogen) atoms. The molecule has 1 aliphatic rings. The summed E-state index contributed by atoms with van der Waals surface area (Å²) in [7, 11) is 0. The zero-order chi connectivity index (χ0) is 13.9. The molecule has 0 aliphatic carbocycles. The summed E-state index contributed by atoms with van der Waals surface area (Å²) in [6, 6.07) is 10.9. The van der Waals surface area contributed by atoms with Gasteiger partial charge in [-0.15, -0.1) is 0 Å². The monoisotopic (exact) mass is 269 g/mol. The number of nitrogens with one attached hydrogen (secondary N) is 1. The van der Waals surface area contributed by atoms with Gasteiger partial charge in [0.2, 0.25) is 0 Å². The first-order valence-electron chi connectivity index (χ1n) is 7.62. The average Bonchev–Trinajstić information content (AvgIpc) is 2.67. The van der Waals surface area contributed by atoms with E-state index in [1.54, 1.807) is 0 Å².